The molecule has 1 aromatic carbocycles. The molecule has 3 heterocycles. The minimum atomic E-state index is -0.316. The molecule has 1 N–H and O–H groups in total. The number of nitrogens with one attached hydrogen (secondary N) is 1. The quantitative estimate of drug-likeness (QED) is 0.496. The molecule has 11 heteroatoms. The van der Waals surface area contributed by atoms with Gasteiger partial charge in [-0.1, -0.05) is 40.8 Å². The first kappa shape index (κ1) is 21.5. The summed E-state index contributed by atoms with van der Waals surface area (Å²) in [5.74, 6) is 0.118. The first-order valence-corrected chi connectivity index (χ1v) is 12.3. The minimum absolute atomic E-state index is 0.105. The van der Waals surface area contributed by atoms with Gasteiger partial charge in [-0.15, -0.1) is 21.5 Å². The normalized spacial score (nSPS) is 14.8. The molecule has 3 aromatic rings. The van der Waals surface area contributed by atoms with E-state index < -0.39 is 0 Å². The van der Waals surface area contributed by atoms with Crippen LogP contribution in [0.15, 0.2) is 40.7 Å². The van der Waals surface area contributed by atoms with Crippen LogP contribution in [-0.2, 0) is 11.3 Å². The first-order valence-electron chi connectivity index (χ1n) is 9.28. The monoisotopic (exact) mass is 483 g/mol. The molecule has 30 heavy (non-hydrogen) atoms. The van der Waals surface area contributed by atoms with Crippen LogP contribution in [-0.4, -0.2) is 57.8 Å². The largest absolute Gasteiger partial charge is 0.339 e. The Kier molecular flexibility index (Phi) is 7.21. The number of anilines is 2. The van der Waals surface area contributed by atoms with Crippen LogP contribution < -0.4 is 5.32 Å². The fourth-order valence-electron chi connectivity index (χ4n) is 3.04. The summed E-state index contributed by atoms with van der Waals surface area (Å²) in [6.45, 7) is 4.03. The SMILES string of the molecule is O=C(CSc1nnc(Nc2cccc(F)c2)s1)N1CCN(Cc2ccc(Cl)s2)CC1. The molecule has 0 spiro atoms. The van der Waals surface area contributed by atoms with E-state index in [1.165, 1.54) is 40.1 Å². The molecule has 1 fully saturated rings. The highest BCUT2D eigenvalue weighted by Gasteiger charge is 2.22. The predicted molar refractivity (Wildman–Crippen MR) is 122 cm³/mol. The number of halogens is 2. The molecular formula is C19H19ClFN5OS3. The number of thiophene rings is 1. The summed E-state index contributed by atoms with van der Waals surface area (Å²) in [6.07, 6.45) is 0. The zero-order valence-electron chi connectivity index (χ0n) is 15.9. The molecule has 1 saturated heterocycles. The Labute approximate surface area is 191 Å². The molecule has 1 aliphatic heterocycles. The van der Waals surface area contributed by atoms with E-state index in [2.05, 4.69) is 26.5 Å². The zero-order valence-corrected chi connectivity index (χ0v) is 19.1. The van der Waals surface area contributed by atoms with Crippen molar-refractivity contribution >= 4 is 62.8 Å². The molecular weight excluding hydrogens is 465 g/mol. The van der Waals surface area contributed by atoms with Gasteiger partial charge in [0.05, 0.1) is 10.1 Å². The van der Waals surface area contributed by atoms with Crippen molar-refractivity contribution < 1.29 is 9.18 Å². The van der Waals surface area contributed by atoms with Crippen LogP contribution in [0.3, 0.4) is 0 Å². The van der Waals surface area contributed by atoms with E-state index in [0.717, 1.165) is 37.1 Å². The van der Waals surface area contributed by atoms with Crippen molar-refractivity contribution in [3.63, 3.8) is 0 Å². The second-order valence-electron chi connectivity index (χ2n) is 6.66. The maximum atomic E-state index is 13.3. The van der Waals surface area contributed by atoms with Crippen LogP contribution in [0.5, 0.6) is 0 Å². The maximum absolute atomic E-state index is 13.3. The van der Waals surface area contributed by atoms with Crippen LogP contribution in [0.25, 0.3) is 0 Å². The van der Waals surface area contributed by atoms with Gasteiger partial charge in [-0.05, 0) is 30.3 Å². The number of aromatic nitrogens is 2. The number of thioether (sulfide) groups is 1. The number of hydrogen-bond acceptors (Lipinski definition) is 8. The van der Waals surface area contributed by atoms with Gasteiger partial charge in [0.2, 0.25) is 11.0 Å². The van der Waals surface area contributed by atoms with E-state index in [9.17, 15) is 9.18 Å². The topological polar surface area (TPSA) is 61.4 Å². The lowest BCUT2D eigenvalue weighted by atomic mass is 10.3. The third-order valence-electron chi connectivity index (χ3n) is 4.53. The van der Waals surface area contributed by atoms with Gasteiger partial charge in [0.25, 0.3) is 0 Å². The molecule has 1 aliphatic rings. The summed E-state index contributed by atoms with van der Waals surface area (Å²) in [4.78, 5) is 18.0. The predicted octanol–water partition coefficient (Wildman–Crippen LogP) is 4.57. The Bertz CT molecular complexity index is 1010. The highest BCUT2D eigenvalue weighted by molar-refractivity contribution is 8.01. The second-order valence-corrected chi connectivity index (χ2v) is 10.7. The van der Waals surface area contributed by atoms with Gasteiger partial charge >= 0.3 is 0 Å². The molecule has 2 aromatic heterocycles. The minimum Gasteiger partial charge on any atom is -0.339 e. The van der Waals surface area contributed by atoms with Crippen molar-refractivity contribution in [1.82, 2.24) is 20.0 Å². The van der Waals surface area contributed by atoms with Crippen molar-refractivity contribution in [2.24, 2.45) is 0 Å². The highest BCUT2D eigenvalue weighted by Crippen LogP contribution is 2.28. The number of carbonyl (C=O) groups excluding carboxylic acids is 1. The average molecular weight is 484 g/mol. The van der Waals surface area contributed by atoms with Crippen molar-refractivity contribution in [3.05, 3.63) is 51.4 Å². The van der Waals surface area contributed by atoms with Crippen LogP contribution in [0.2, 0.25) is 4.34 Å². The van der Waals surface area contributed by atoms with E-state index in [-0.39, 0.29) is 11.7 Å². The summed E-state index contributed by atoms with van der Waals surface area (Å²) in [7, 11) is 0. The van der Waals surface area contributed by atoms with Gasteiger partial charge in [0.1, 0.15) is 5.82 Å². The van der Waals surface area contributed by atoms with E-state index >= 15 is 0 Å². The lowest BCUT2D eigenvalue weighted by Gasteiger charge is -2.34. The fraction of sp³-hybridized carbons (Fsp3) is 0.316. The molecule has 0 unspecified atom stereocenters. The van der Waals surface area contributed by atoms with E-state index in [1.807, 2.05) is 11.0 Å². The number of benzene rings is 1. The molecule has 6 nitrogen and oxygen atoms in total. The Morgan fingerprint density at radius 1 is 1.17 bits per heavy atom. The summed E-state index contributed by atoms with van der Waals surface area (Å²) in [5.41, 5.74) is 0.612. The van der Waals surface area contributed by atoms with Crippen molar-refractivity contribution in [1.29, 1.82) is 0 Å². The van der Waals surface area contributed by atoms with Gasteiger partial charge in [0.15, 0.2) is 4.34 Å². The number of piperazine rings is 1. The smallest absolute Gasteiger partial charge is 0.233 e. The van der Waals surface area contributed by atoms with Crippen molar-refractivity contribution in [2.75, 3.05) is 37.2 Å². The summed E-state index contributed by atoms with van der Waals surface area (Å²) in [6, 6.07) is 10.1. The van der Waals surface area contributed by atoms with Crippen LogP contribution in [0, 0.1) is 5.82 Å². The summed E-state index contributed by atoms with van der Waals surface area (Å²) < 4.78 is 14.8. The highest BCUT2D eigenvalue weighted by atomic mass is 35.5. The Balaban J connectivity index is 1.21. The number of rotatable bonds is 7. The van der Waals surface area contributed by atoms with Crippen molar-refractivity contribution in [3.8, 4) is 0 Å². The number of amides is 1. The Morgan fingerprint density at radius 3 is 2.73 bits per heavy atom. The molecule has 0 atom stereocenters. The lowest BCUT2D eigenvalue weighted by molar-refractivity contribution is -0.130. The second kappa shape index (κ2) is 10.1. The van der Waals surface area contributed by atoms with E-state index in [0.29, 0.717) is 20.9 Å². The van der Waals surface area contributed by atoms with Gasteiger partial charge in [-0.25, -0.2) is 4.39 Å². The fourth-order valence-corrected chi connectivity index (χ4v) is 5.84. The van der Waals surface area contributed by atoms with E-state index in [4.69, 9.17) is 11.6 Å². The molecule has 158 valence electrons. The van der Waals surface area contributed by atoms with Crippen LogP contribution >= 0.6 is 46.0 Å². The molecule has 0 saturated carbocycles. The van der Waals surface area contributed by atoms with Crippen molar-refractivity contribution in [2.45, 2.75) is 10.9 Å². The third-order valence-corrected chi connectivity index (χ3v) is 7.71. The summed E-state index contributed by atoms with van der Waals surface area (Å²) in [5, 5.41) is 11.7. The molecule has 0 radical (unpaired) electrons. The molecule has 1 amide bonds. The lowest BCUT2D eigenvalue weighted by Crippen LogP contribution is -2.48. The van der Waals surface area contributed by atoms with Gasteiger partial charge in [-0.3, -0.25) is 9.69 Å². The van der Waals surface area contributed by atoms with Gasteiger partial charge < -0.3 is 10.2 Å². The number of carbonyl (C=O) groups is 1. The Morgan fingerprint density at radius 2 is 2.00 bits per heavy atom. The third kappa shape index (κ3) is 5.92. The summed E-state index contributed by atoms with van der Waals surface area (Å²) >= 11 is 10.3. The maximum Gasteiger partial charge on any atom is 0.233 e. The number of nitrogens with zero attached hydrogens (tertiary/aromatic N) is 4. The average Bonchev–Trinajstić information content (AvgIpc) is 3.35. The molecule has 0 bridgehead atoms. The van der Waals surface area contributed by atoms with Gasteiger partial charge in [0, 0.05) is 43.3 Å². The zero-order chi connectivity index (χ0) is 20.9. The van der Waals surface area contributed by atoms with E-state index in [1.54, 1.807) is 23.5 Å². The standard InChI is InChI=1S/C19H19ClFN5OS3/c20-16-5-4-15(29-16)11-25-6-8-26(9-7-25)17(27)12-28-19-24-23-18(30-19)22-14-3-1-2-13(21)10-14/h1-5,10H,6-9,11-12H2,(H,22,23). The molecule has 0 aliphatic carbocycles. The van der Waals surface area contributed by atoms with Crippen LogP contribution in [0.4, 0.5) is 15.2 Å². The van der Waals surface area contributed by atoms with Crippen LogP contribution in [0.1, 0.15) is 4.88 Å². The first-order chi connectivity index (χ1) is 14.5. The number of hydrogen-bond donors (Lipinski definition) is 1. The molecule has 4 rings (SSSR count). The Hall–Kier alpha value is -1.72. The van der Waals surface area contributed by atoms with Gasteiger partial charge in [-0.2, -0.15) is 0 Å².